The van der Waals surface area contributed by atoms with Crippen LogP contribution in [0, 0.1) is 11.8 Å². The van der Waals surface area contributed by atoms with Gasteiger partial charge < -0.3 is 23.7 Å². The first-order valence-electron chi connectivity index (χ1n) is 15.8. The molecule has 2 saturated carbocycles. The van der Waals surface area contributed by atoms with Gasteiger partial charge >= 0.3 is 5.76 Å². The summed E-state index contributed by atoms with van der Waals surface area (Å²) in [6.07, 6.45) is 9.98. The number of aromatic amines is 1. The second kappa shape index (κ2) is 12.9. The standard InChI is InChI=1S/C32H38ClN7O5/c1-3-19-7-9-20(10-8-19)18-40-27-26(21-15-22(33)17-23(16-21)43-14-13-42-2)34-29(30-37-32(41)45-38-30)35-28(27)36-31(40)39-11-12-44-25-6-4-5-24(25)39/h3,15-17,19-20,24-25H,1,4-14,18H2,2H3,(H,37,38,41)/t19-,20-,24?,25?. The zero-order valence-corrected chi connectivity index (χ0v) is 26.2. The molecule has 4 aromatic rings. The Hall–Kier alpha value is -3.74. The number of aromatic nitrogens is 6. The molecule has 45 heavy (non-hydrogen) atoms. The molecular formula is C32H38ClN7O5. The number of imidazole rings is 1. The van der Waals surface area contributed by atoms with Crippen molar-refractivity contribution in [1.29, 1.82) is 0 Å². The van der Waals surface area contributed by atoms with E-state index in [1.807, 2.05) is 12.1 Å². The number of hydrogen-bond donors (Lipinski definition) is 1. The van der Waals surface area contributed by atoms with Gasteiger partial charge in [-0.15, -0.1) is 6.58 Å². The summed E-state index contributed by atoms with van der Waals surface area (Å²) in [5.74, 6) is 2.13. The minimum atomic E-state index is -0.686. The molecule has 0 amide bonds. The van der Waals surface area contributed by atoms with Crippen LogP contribution in [0.4, 0.5) is 5.95 Å². The number of hydrogen-bond acceptors (Lipinski definition) is 10. The summed E-state index contributed by atoms with van der Waals surface area (Å²) in [5, 5.41) is 4.38. The Bertz CT molecular complexity index is 1730. The molecule has 2 unspecified atom stereocenters. The smallest absolute Gasteiger partial charge is 0.439 e. The summed E-state index contributed by atoms with van der Waals surface area (Å²) in [7, 11) is 1.63. The van der Waals surface area contributed by atoms with Crippen LogP contribution in [0.25, 0.3) is 34.1 Å². The van der Waals surface area contributed by atoms with Crippen LogP contribution in [0.5, 0.6) is 5.75 Å². The number of morpholine rings is 1. The Kier molecular flexibility index (Phi) is 8.61. The maximum atomic E-state index is 11.9. The number of halogens is 1. The molecule has 4 heterocycles. The van der Waals surface area contributed by atoms with Crippen LogP contribution >= 0.6 is 11.6 Å². The second-order valence-corrected chi connectivity index (χ2v) is 12.6. The number of H-pyrrole nitrogens is 1. The Balaban J connectivity index is 1.41. The molecule has 7 rings (SSSR count). The minimum Gasteiger partial charge on any atom is -0.491 e. The van der Waals surface area contributed by atoms with Gasteiger partial charge in [-0.05, 0) is 75.0 Å². The van der Waals surface area contributed by atoms with Crippen LogP contribution in [0.2, 0.25) is 5.02 Å². The van der Waals surface area contributed by atoms with E-state index in [0.717, 1.165) is 75.1 Å². The molecular weight excluding hydrogens is 598 g/mol. The number of ether oxygens (including phenoxy) is 3. The maximum absolute atomic E-state index is 11.9. The maximum Gasteiger partial charge on any atom is 0.439 e. The van der Waals surface area contributed by atoms with Crippen molar-refractivity contribution < 1.29 is 18.7 Å². The van der Waals surface area contributed by atoms with E-state index in [1.165, 1.54) is 0 Å². The SMILES string of the molecule is C=C[C@H]1CC[C@H](Cn2c(N3CCOC4CCCC43)nc3nc(-c4noc(=O)[nH]4)nc(-c4cc(Cl)cc(OCCOC)c4)c32)CC1. The van der Waals surface area contributed by atoms with Crippen molar-refractivity contribution in [3.8, 4) is 28.7 Å². The van der Waals surface area contributed by atoms with Gasteiger partial charge in [0.05, 0.1) is 25.4 Å². The third-order valence-corrected chi connectivity index (χ3v) is 9.56. The zero-order valence-electron chi connectivity index (χ0n) is 25.4. The molecule has 2 aliphatic carbocycles. The van der Waals surface area contributed by atoms with Crippen molar-refractivity contribution in [3.63, 3.8) is 0 Å². The molecule has 3 aromatic heterocycles. The lowest BCUT2D eigenvalue weighted by atomic mass is 9.82. The summed E-state index contributed by atoms with van der Waals surface area (Å²) in [6, 6.07) is 5.78. The van der Waals surface area contributed by atoms with Crippen molar-refractivity contribution in [2.24, 2.45) is 11.8 Å². The minimum absolute atomic E-state index is 0.128. The van der Waals surface area contributed by atoms with Gasteiger partial charge in [-0.2, -0.15) is 4.98 Å². The predicted octanol–water partition coefficient (Wildman–Crippen LogP) is 5.27. The van der Waals surface area contributed by atoms with Gasteiger partial charge in [-0.25, -0.2) is 14.8 Å². The van der Waals surface area contributed by atoms with E-state index < -0.39 is 5.76 Å². The molecule has 1 aliphatic heterocycles. The van der Waals surface area contributed by atoms with Crippen molar-refractivity contribution >= 4 is 28.7 Å². The molecule has 0 radical (unpaired) electrons. The summed E-state index contributed by atoms with van der Waals surface area (Å²) >= 11 is 6.65. The summed E-state index contributed by atoms with van der Waals surface area (Å²) < 4.78 is 24.4. The number of fused-ring (bicyclic) bond motifs is 2. The lowest BCUT2D eigenvalue weighted by Crippen LogP contribution is -2.49. The van der Waals surface area contributed by atoms with Crippen LogP contribution in [-0.2, 0) is 16.0 Å². The summed E-state index contributed by atoms with van der Waals surface area (Å²) in [5.41, 5.74) is 2.67. The highest BCUT2D eigenvalue weighted by Gasteiger charge is 2.39. The normalized spacial score (nSPS) is 23.4. The number of benzene rings is 1. The number of nitrogens with one attached hydrogen (secondary N) is 1. The Morgan fingerprint density at radius 3 is 2.76 bits per heavy atom. The van der Waals surface area contributed by atoms with E-state index in [9.17, 15) is 4.79 Å². The lowest BCUT2D eigenvalue weighted by Gasteiger charge is -2.39. The molecule has 3 aliphatic rings. The topological polar surface area (TPSA) is 133 Å². The Labute approximate surface area is 265 Å². The van der Waals surface area contributed by atoms with E-state index in [2.05, 4.69) is 32.3 Å². The third-order valence-electron chi connectivity index (χ3n) is 9.34. The average molecular weight is 636 g/mol. The van der Waals surface area contributed by atoms with Crippen LogP contribution in [0.1, 0.15) is 44.9 Å². The van der Waals surface area contributed by atoms with Crippen LogP contribution in [-0.4, -0.2) is 75.3 Å². The number of rotatable bonds is 10. The van der Waals surface area contributed by atoms with Gasteiger partial charge in [-0.1, -0.05) is 22.8 Å². The van der Waals surface area contributed by atoms with Gasteiger partial charge in [0.25, 0.3) is 0 Å². The van der Waals surface area contributed by atoms with E-state index in [1.54, 1.807) is 13.2 Å². The first-order valence-corrected chi connectivity index (χ1v) is 16.2. The van der Waals surface area contributed by atoms with Gasteiger partial charge in [0, 0.05) is 30.8 Å². The summed E-state index contributed by atoms with van der Waals surface area (Å²) in [6.45, 7) is 7.02. The molecule has 1 N–H and O–H groups in total. The highest BCUT2D eigenvalue weighted by atomic mass is 35.5. The van der Waals surface area contributed by atoms with Crippen molar-refractivity contribution in [3.05, 3.63) is 46.4 Å². The van der Waals surface area contributed by atoms with Crippen molar-refractivity contribution in [2.75, 3.05) is 38.4 Å². The second-order valence-electron chi connectivity index (χ2n) is 12.2. The van der Waals surface area contributed by atoms with Crippen LogP contribution < -0.4 is 15.4 Å². The number of allylic oxidation sites excluding steroid dienone is 1. The molecule has 1 saturated heterocycles. The molecule has 2 atom stereocenters. The quantitative estimate of drug-likeness (QED) is 0.182. The number of nitrogens with zero attached hydrogens (tertiary/aromatic N) is 6. The van der Waals surface area contributed by atoms with Gasteiger partial charge in [0.2, 0.25) is 17.6 Å². The average Bonchev–Trinajstić information content (AvgIpc) is 3.79. The molecule has 1 aromatic carbocycles. The molecule has 13 heteroatoms. The lowest BCUT2D eigenvalue weighted by molar-refractivity contribution is 0.0247. The monoisotopic (exact) mass is 635 g/mol. The zero-order chi connectivity index (χ0) is 30.9. The molecule has 0 spiro atoms. The fourth-order valence-electron chi connectivity index (χ4n) is 7.11. The number of anilines is 1. The first kappa shape index (κ1) is 29.9. The van der Waals surface area contributed by atoms with Crippen molar-refractivity contribution in [1.82, 2.24) is 29.7 Å². The van der Waals surface area contributed by atoms with Crippen molar-refractivity contribution in [2.45, 2.75) is 63.6 Å². The molecule has 3 fully saturated rings. The van der Waals surface area contributed by atoms with E-state index in [-0.39, 0.29) is 23.8 Å². The van der Waals surface area contributed by atoms with E-state index in [0.29, 0.717) is 53.8 Å². The number of methoxy groups -OCH3 is 1. The van der Waals surface area contributed by atoms with E-state index in [4.69, 9.17) is 45.3 Å². The van der Waals surface area contributed by atoms with Gasteiger partial charge in [-0.3, -0.25) is 9.51 Å². The fourth-order valence-corrected chi connectivity index (χ4v) is 7.34. The highest BCUT2D eigenvalue weighted by molar-refractivity contribution is 6.31. The largest absolute Gasteiger partial charge is 0.491 e. The highest BCUT2D eigenvalue weighted by Crippen LogP contribution is 2.40. The molecule has 0 bridgehead atoms. The van der Waals surface area contributed by atoms with Crippen LogP contribution in [0.3, 0.4) is 0 Å². The third kappa shape index (κ3) is 6.10. The van der Waals surface area contributed by atoms with Gasteiger partial charge in [0.1, 0.15) is 23.6 Å². The van der Waals surface area contributed by atoms with Gasteiger partial charge in [0.15, 0.2) is 5.65 Å². The summed E-state index contributed by atoms with van der Waals surface area (Å²) in [4.78, 5) is 31.9. The molecule has 12 nitrogen and oxygen atoms in total. The Morgan fingerprint density at radius 2 is 1.98 bits per heavy atom. The fraction of sp³-hybridized carbons (Fsp3) is 0.531. The Morgan fingerprint density at radius 1 is 1.11 bits per heavy atom. The predicted molar refractivity (Wildman–Crippen MR) is 170 cm³/mol. The van der Waals surface area contributed by atoms with E-state index >= 15 is 0 Å². The molecule has 238 valence electrons. The van der Waals surface area contributed by atoms with Crippen LogP contribution in [0.15, 0.2) is 40.2 Å². The first-order chi connectivity index (χ1) is 22.0.